The lowest BCUT2D eigenvalue weighted by atomic mass is 9.90. The Morgan fingerprint density at radius 1 is 1.28 bits per heavy atom. The van der Waals surface area contributed by atoms with Gasteiger partial charge in [0.05, 0.1) is 12.3 Å². The molecule has 1 N–H and O–H groups in total. The Kier molecular flexibility index (Phi) is 5.66. The Morgan fingerprint density at radius 3 is 2.39 bits per heavy atom. The molecule has 0 saturated carbocycles. The van der Waals surface area contributed by atoms with Gasteiger partial charge in [0.15, 0.2) is 0 Å². The van der Waals surface area contributed by atoms with Gasteiger partial charge in [-0.3, -0.25) is 0 Å². The highest BCUT2D eigenvalue weighted by molar-refractivity contribution is 5.33. The second-order valence-corrected chi connectivity index (χ2v) is 4.86. The van der Waals surface area contributed by atoms with Crippen LogP contribution in [0.2, 0.25) is 0 Å². The summed E-state index contributed by atoms with van der Waals surface area (Å²) in [5, 5.41) is 3.64. The highest BCUT2D eigenvalue weighted by atomic mass is 16.5. The molecule has 1 heterocycles. The van der Waals surface area contributed by atoms with Crippen LogP contribution in [0, 0.1) is 6.92 Å². The van der Waals surface area contributed by atoms with Gasteiger partial charge in [-0.25, -0.2) is 4.98 Å². The summed E-state index contributed by atoms with van der Waals surface area (Å²) in [6, 6.07) is 0. The van der Waals surface area contributed by atoms with E-state index in [1.54, 1.807) is 7.11 Å². The highest BCUT2D eigenvalue weighted by Crippen LogP contribution is 2.25. The minimum Gasteiger partial charge on any atom is -0.383 e. The predicted octanol–water partition coefficient (Wildman–Crippen LogP) is 3.22. The van der Waals surface area contributed by atoms with Gasteiger partial charge in [0.1, 0.15) is 0 Å². The number of aryl methyl sites for hydroxylation is 1. The van der Waals surface area contributed by atoms with Gasteiger partial charge in [-0.05, 0) is 26.2 Å². The Balaban J connectivity index is 2.87. The van der Waals surface area contributed by atoms with E-state index in [4.69, 9.17) is 4.74 Å². The van der Waals surface area contributed by atoms with E-state index in [-0.39, 0.29) is 5.54 Å². The molecule has 0 fully saturated rings. The average Bonchev–Trinajstić information content (AvgIpc) is 2.73. The second kappa shape index (κ2) is 6.78. The SMILES string of the molecule is CCC(CC)(CC)Nc1nc(C)cn1CCOC. The molecule has 1 aromatic rings. The summed E-state index contributed by atoms with van der Waals surface area (Å²) in [5.41, 5.74) is 1.20. The Labute approximate surface area is 111 Å². The maximum atomic E-state index is 5.14. The first-order valence-corrected chi connectivity index (χ1v) is 6.91. The minimum absolute atomic E-state index is 0.155. The summed E-state index contributed by atoms with van der Waals surface area (Å²) in [6.45, 7) is 10.3. The van der Waals surface area contributed by atoms with Crippen LogP contribution in [0.1, 0.15) is 45.7 Å². The first-order valence-electron chi connectivity index (χ1n) is 6.91. The molecule has 0 radical (unpaired) electrons. The van der Waals surface area contributed by atoms with Gasteiger partial charge in [-0.15, -0.1) is 0 Å². The van der Waals surface area contributed by atoms with Gasteiger partial charge in [0, 0.05) is 25.4 Å². The van der Waals surface area contributed by atoms with Crippen molar-refractivity contribution in [1.82, 2.24) is 9.55 Å². The maximum absolute atomic E-state index is 5.14. The van der Waals surface area contributed by atoms with E-state index in [1.165, 1.54) is 0 Å². The number of hydrogen-bond donors (Lipinski definition) is 1. The average molecular weight is 253 g/mol. The first kappa shape index (κ1) is 15.0. The summed E-state index contributed by atoms with van der Waals surface area (Å²) in [7, 11) is 1.73. The largest absolute Gasteiger partial charge is 0.383 e. The third-order valence-electron chi connectivity index (χ3n) is 3.84. The van der Waals surface area contributed by atoms with Crippen molar-refractivity contribution in [1.29, 1.82) is 0 Å². The van der Waals surface area contributed by atoms with Crippen LogP contribution in [0.5, 0.6) is 0 Å². The molecule has 4 heteroatoms. The van der Waals surface area contributed by atoms with E-state index in [0.717, 1.165) is 37.4 Å². The number of hydrogen-bond acceptors (Lipinski definition) is 3. The van der Waals surface area contributed by atoms with Crippen LogP contribution in [0.25, 0.3) is 0 Å². The van der Waals surface area contributed by atoms with E-state index >= 15 is 0 Å². The standard InChI is InChI=1S/C14H27N3O/c1-6-14(7-2,8-3)16-13-15-12(4)11-17(13)9-10-18-5/h11H,6-10H2,1-5H3,(H,15,16). The smallest absolute Gasteiger partial charge is 0.203 e. The van der Waals surface area contributed by atoms with Crippen LogP contribution in [0.3, 0.4) is 0 Å². The molecule has 1 rings (SSSR count). The summed E-state index contributed by atoms with van der Waals surface area (Å²) < 4.78 is 7.29. The third kappa shape index (κ3) is 3.48. The van der Waals surface area contributed by atoms with Crippen LogP contribution < -0.4 is 5.32 Å². The zero-order valence-corrected chi connectivity index (χ0v) is 12.4. The summed E-state index contributed by atoms with van der Waals surface area (Å²) in [6.07, 6.45) is 5.40. The first-order chi connectivity index (χ1) is 8.60. The highest BCUT2D eigenvalue weighted by Gasteiger charge is 2.25. The fourth-order valence-corrected chi connectivity index (χ4v) is 2.26. The molecule has 1 aromatic heterocycles. The number of aromatic nitrogens is 2. The second-order valence-electron chi connectivity index (χ2n) is 4.86. The molecule has 18 heavy (non-hydrogen) atoms. The summed E-state index contributed by atoms with van der Waals surface area (Å²) in [4.78, 5) is 4.59. The van der Waals surface area contributed by atoms with Gasteiger partial charge in [0.2, 0.25) is 5.95 Å². The number of rotatable bonds is 8. The monoisotopic (exact) mass is 253 g/mol. The topological polar surface area (TPSA) is 39.1 Å². The summed E-state index contributed by atoms with van der Waals surface area (Å²) >= 11 is 0. The van der Waals surface area contributed by atoms with E-state index in [1.807, 2.05) is 6.92 Å². The number of ether oxygens (including phenoxy) is 1. The van der Waals surface area contributed by atoms with Crippen molar-refractivity contribution in [3.8, 4) is 0 Å². The third-order valence-corrected chi connectivity index (χ3v) is 3.84. The number of anilines is 1. The molecule has 0 bridgehead atoms. The van der Waals surface area contributed by atoms with Gasteiger partial charge in [0.25, 0.3) is 0 Å². The lowest BCUT2D eigenvalue weighted by molar-refractivity contribution is 0.187. The van der Waals surface area contributed by atoms with Crippen molar-refractivity contribution in [2.75, 3.05) is 19.0 Å². The van der Waals surface area contributed by atoms with E-state index in [2.05, 4.69) is 41.8 Å². The zero-order chi connectivity index (χ0) is 13.6. The molecule has 0 atom stereocenters. The van der Waals surface area contributed by atoms with E-state index in [0.29, 0.717) is 6.61 Å². The Hall–Kier alpha value is -1.03. The van der Waals surface area contributed by atoms with Crippen molar-refractivity contribution < 1.29 is 4.74 Å². The zero-order valence-electron chi connectivity index (χ0n) is 12.4. The normalized spacial score (nSPS) is 11.8. The fraction of sp³-hybridized carbons (Fsp3) is 0.786. The molecule has 0 spiro atoms. The molecule has 0 unspecified atom stereocenters. The Bertz CT molecular complexity index is 348. The van der Waals surface area contributed by atoms with E-state index < -0.39 is 0 Å². The van der Waals surface area contributed by atoms with Crippen molar-refractivity contribution >= 4 is 5.95 Å². The quantitative estimate of drug-likeness (QED) is 0.773. The summed E-state index contributed by atoms with van der Waals surface area (Å²) in [5.74, 6) is 0.968. The molecule has 0 aliphatic carbocycles. The molecule has 4 nitrogen and oxygen atoms in total. The van der Waals surface area contributed by atoms with Crippen LogP contribution in [0.4, 0.5) is 5.95 Å². The molecular weight excluding hydrogens is 226 g/mol. The van der Waals surface area contributed by atoms with Crippen LogP contribution in [0.15, 0.2) is 6.20 Å². The fourth-order valence-electron chi connectivity index (χ4n) is 2.26. The van der Waals surface area contributed by atoms with Crippen LogP contribution in [-0.2, 0) is 11.3 Å². The van der Waals surface area contributed by atoms with Gasteiger partial charge < -0.3 is 14.6 Å². The molecule has 0 aliphatic heterocycles. The van der Waals surface area contributed by atoms with Crippen LogP contribution >= 0.6 is 0 Å². The predicted molar refractivity (Wildman–Crippen MR) is 76.1 cm³/mol. The van der Waals surface area contributed by atoms with Crippen molar-refractivity contribution in [2.45, 2.75) is 59.0 Å². The van der Waals surface area contributed by atoms with Gasteiger partial charge in [-0.1, -0.05) is 20.8 Å². The Morgan fingerprint density at radius 2 is 1.89 bits per heavy atom. The van der Waals surface area contributed by atoms with Gasteiger partial charge >= 0.3 is 0 Å². The molecule has 104 valence electrons. The molecule has 0 aromatic carbocycles. The minimum atomic E-state index is 0.155. The van der Waals surface area contributed by atoms with Crippen molar-refractivity contribution in [3.63, 3.8) is 0 Å². The number of nitrogens with zero attached hydrogens (tertiary/aromatic N) is 2. The molecule has 0 aliphatic rings. The lowest BCUT2D eigenvalue weighted by Gasteiger charge is -2.32. The number of imidazole rings is 1. The van der Waals surface area contributed by atoms with Crippen molar-refractivity contribution in [3.05, 3.63) is 11.9 Å². The number of methoxy groups -OCH3 is 1. The maximum Gasteiger partial charge on any atom is 0.203 e. The van der Waals surface area contributed by atoms with E-state index in [9.17, 15) is 0 Å². The molecule has 0 amide bonds. The van der Waals surface area contributed by atoms with Gasteiger partial charge in [-0.2, -0.15) is 0 Å². The number of nitrogens with one attached hydrogen (secondary N) is 1. The van der Waals surface area contributed by atoms with Crippen LogP contribution in [-0.4, -0.2) is 28.8 Å². The van der Waals surface area contributed by atoms with Crippen molar-refractivity contribution in [2.24, 2.45) is 0 Å². The lowest BCUT2D eigenvalue weighted by Crippen LogP contribution is -2.37. The molecular formula is C14H27N3O. The molecule has 0 saturated heterocycles.